The molecule has 0 saturated heterocycles. The maximum atomic E-state index is 11.8. The summed E-state index contributed by atoms with van der Waals surface area (Å²) in [6.07, 6.45) is 1.93. The molecule has 0 saturated carbocycles. The molecule has 0 aliphatic heterocycles. The fourth-order valence-corrected chi connectivity index (χ4v) is 1.59. The predicted molar refractivity (Wildman–Crippen MR) is 75.5 cm³/mol. The van der Waals surface area contributed by atoms with Crippen LogP contribution in [-0.4, -0.2) is 5.91 Å². The highest BCUT2D eigenvalue weighted by Gasteiger charge is 2.12. The second-order valence-electron chi connectivity index (χ2n) is 4.25. The highest BCUT2D eigenvalue weighted by atomic mass is 35.5. The largest absolute Gasteiger partial charge is 0.399 e. The summed E-state index contributed by atoms with van der Waals surface area (Å²) >= 11 is 0. The number of nitrogens with two attached hydrogens (primary N) is 1. The minimum Gasteiger partial charge on any atom is -0.399 e. The number of benzene rings is 1. The lowest BCUT2D eigenvalue weighted by atomic mass is 10.0. The van der Waals surface area contributed by atoms with Crippen LogP contribution in [0, 0.1) is 12.8 Å². The molecular weight excluding hydrogens is 236 g/mol. The Bertz CT molecular complexity index is 380. The van der Waals surface area contributed by atoms with E-state index in [-0.39, 0.29) is 24.2 Å². The zero-order valence-corrected chi connectivity index (χ0v) is 11.4. The van der Waals surface area contributed by atoms with Crippen molar-refractivity contribution in [1.82, 2.24) is 0 Å². The van der Waals surface area contributed by atoms with Gasteiger partial charge in [-0.1, -0.05) is 26.3 Å². The number of amides is 1. The Labute approximate surface area is 109 Å². The lowest BCUT2D eigenvalue weighted by Gasteiger charge is -2.13. The quantitative estimate of drug-likeness (QED) is 0.812. The van der Waals surface area contributed by atoms with E-state index < -0.39 is 0 Å². The number of halogens is 1. The van der Waals surface area contributed by atoms with Crippen molar-refractivity contribution in [3.8, 4) is 0 Å². The van der Waals surface area contributed by atoms with Gasteiger partial charge in [0.05, 0.1) is 0 Å². The fourth-order valence-electron chi connectivity index (χ4n) is 1.59. The van der Waals surface area contributed by atoms with Crippen LogP contribution in [-0.2, 0) is 4.79 Å². The van der Waals surface area contributed by atoms with Gasteiger partial charge in [-0.15, -0.1) is 12.4 Å². The smallest absolute Gasteiger partial charge is 0.227 e. The fraction of sp³-hybridized carbons (Fsp3) is 0.462. The van der Waals surface area contributed by atoms with Crippen molar-refractivity contribution in [3.05, 3.63) is 23.8 Å². The molecule has 1 amide bonds. The maximum absolute atomic E-state index is 11.8. The summed E-state index contributed by atoms with van der Waals surface area (Å²) in [5.41, 5.74) is 8.20. The molecule has 0 spiro atoms. The maximum Gasteiger partial charge on any atom is 0.227 e. The number of carbonyl (C=O) groups excluding carboxylic acids is 1. The van der Waals surface area contributed by atoms with E-state index in [2.05, 4.69) is 12.2 Å². The zero-order chi connectivity index (χ0) is 12.1. The molecule has 0 radical (unpaired) electrons. The van der Waals surface area contributed by atoms with Gasteiger partial charge in [0, 0.05) is 17.3 Å². The van der Waals surface area contributed by atoms with E-state index >= 15 is 0 Å². The van der Waals surface area contributed by atoms with Gasteiger partial charge in [0.15, 0.2) is 0 Å². The molecule has 3 nitrogen and oxygen atoms in total. The van der Waals surface area contributed by atoms with E-state index in [1.807, 2.05) is 26.0 Å². The summed E-state index contributed by atoms with van der Waals surface area (Å²) in [6, 6.07) is 5.54. The van der Waals surface area contributed by atoms with Crippen LogP contribution in [0.25, 0.3) is 0 Å². The minimum atomic E-state index is 0. The van der Waals surface area contributed by atoms with Crippen molar-refractivity contribution in [2.75, 3.05) is 11.1 Å². The first-order valence-corrected chi connectivity index (χ1v) is 5.71. The second-order valence-corrected chi connectivity index (χ2v) is 4.25. The van der Waals surface area contributed by atoms with Gasteiger partial charge in [0.1, 0.15) is 0 Å². The molecule has 17 heavy (non-hydrogen) atoms. The first kappa shape index (κ1) is 15.8. The Morgan fingerprint density at radius 2 is 2.12 bits per heavy atom. The predicted octanol–water partition coefficient (Wildman–Crippen LogP) is 3.37. The summed E-state index contributed by atoms with van der Waals surface area (Å²) in [5.74, 6) is 0.112. The summed E-state index contributed by atoms with van der Waals surface area (Å²) in [5, 5.41) is 2.92. The molecule has 1 atom stereocenters. The van der Waals surface area contributed by atoms with Crippen LogP contribution >= 0.6 is 12.4 Å². The summed E-state index contributed by atoms with van der Waals surface area (Å²) in [4.78, 5) is 11.8. The van der Waals surface area contributed by atoms with Gasteiger partial charge in [-0.25, -0.2) is 0 Å². The monoisotopic (exact) mass is 256 g/mol. The molecular formula is C13H21ClN2O. The number of carbonyl (C=O) groups is 1. The molecule has 1 aromatic rings. The molecule has 4 heteroatoms. The van der Waals surface area contributed by atoms with E-state index in [1.54, 1.807) is 6.07 Å². The van der Waals surface area contributed by atoms with Gasteiger partial charge in [0.2, 0.25) is 5.91 Å². The number of nitrogens with one attached hydrogen (secondary N) is 1. The van der Waals surface area contributed by atoms with E-state index in [0.717, 1.165) is 24.1 Å². The highest BCUT2D eigenvalue weighted by molar-refractivity contribution is 5.93. The number of hydrogen-bond acceptors (Lipinski definition) is 2. The molecule has 0 bridgehead atoms. The van der Waals surface area contributed by atoms with Crippen LogP contribution in [0.15, 0.2) is 18.2 Å². The number of hydrogen-bond donors (Lipinski definition) is 2. The molecule has 0 heterocycles. The number of nitrogen functional groups attached to an aromatic ring is 1. The van der Waals surface area contributed by atoms with Crippen LogP contribution in [0.4, 0.5) is 11.4 Å². The average Bonchev–Trinajstić information content (AvgIpc) is 2.23. The highest BCUT2D eigenvalue weighted by Crippen LogP contribution is 2.19. The topological polar surface area (TPSA) is 55.1 Å². The lowest BCUT2D eigenvalue weighted by Crippen LogP contribution is -2.20. The molecule has 1 unspecified atom stereocenters. The molecule has 0 aliphatic carbocycles. The van der Waals surface area contributed by atoms with Gasteiger partial charge in [-0.3, -0.25) is 4.79 Å². The standard InChI is InChI=1S/C13H20N2O.ClH/c1-4-5-10(3)13(16)15-12-8-11(14)7-6-9(12)2;/h6-8,10H,4-5,14H2,1-3H3,(H,15,16);1H. The van der Waals surface area contributed by atoms with Crippen LogP contribution in [0.1, 0.15) is 32.3 Å². The lowest BCUT2D eigenvalue weighted by molar-refractivity contribution is -0.119. The molecule has 1 rings (SSSR count). The number of rotatable bonds is 4. The molecule has 96 valence electrons. The van der Waals surface area contributed by atoms with E-state index in [1.165, 1.54) is 0 Å². The Balaban J connectivity index is 0.00000256. The SMILES string of the molecule is CCCC(C)C(=O)Nc1cc(N)ccc1C.Cl. The van der Waals surface area contributed by atoms with Crippen LogP contribution in [0.2, 0.25) is 0 Å². The van der Waals surface area contributed by atoms with Crippen molar-refractivity contribution in [1.29, 1.82) is 0 Å². The van der Waals surface area contributed by atoms with Gasteiger partial charge < -0.3 is 11.1 Å². The summed E-state index contributed by atoms with van der Waals surface area (Å²) < 4.78 is 0. The molecule has 1 aromatic carbocycles. The van der Waals surface area contributed by atoms with Crippen LogP contribution in [0.3, 0.4) is 0 Å². The molecule has 3 N–H and O–H groups in total. The van der Waals surface area contributed by atoms with Gasteiger partial charge in [-0.05, 0) is 31.0 Å². The van der Waals surface area contributed by atoms with Gasteiger partial charge in [0.25, 0.3) is 0 Å². The number of aryl methyl sites for hydroxylation is 1. The molecule has 0 aliphatic rings. The molecule has 0 fully saturated rings. The first-order chi connectivity index (χ1) is 7.54. The van der Waals surface area contributed by atoms with Crippen LogP contribution < -0.4 is 11.1 Å². The third-order valence-corrected chi connectivity index (χ3v) is 2.69. The minimum absolute atomic E-state index is 0. The van der Waals surface area contributed by atoms with E-state index in [0.29, 0.717) is 5.69 Å². The van der Waals surface area contributed by atoms with Gasteiger partial charge in [-0.2, -0.15) is 0 Å². The summed E-state index contributed by atoms with van der Waals surface area (Å²) in [6.45, 7) is 5.98. The van der Waals surface area contributed by atoms with E-state index in [9.17, 15) is 4.79 Å². The third-order valence-electron chi connectivity index (χ3n) is 2.69. The van der Waals surface area contributed by atoms with Crippen LogP contribution in [0.5, 0.6) is 0 Å². The average molecular weight is 257 g/mol. The normalized spacial score (nSPS) is 11.5. The first-order valence-electron chi connectivity index (χ1n) is 5.71. The Hall–Kier alpha value is -1.22. The van der Waals surface area contributed by atoms with Crippen molar-refractivity contribution in [2.45, 2.75) is 33.6 Å². The Morgan fingerprint density at radius 1 is 1.47 bits per heavy atom. The van der Waals surface area contributed by atoms with Gasteiger partial charge >= 0.3 is 0 Å². The van der Waals surface area contributed by atoms with E-state index in [4.69, 9.17) is 5.73 Å². The van der Waals surface area contributed by atoms with Crippen molar-refractivity contribution in [2.24, 2.45) is 5.92 Å². The van der Waals surface area contributed by atoms with Crippen molar-refractivity contribution >= 4 is 29.7 Å². The third kappa shape index (κ3) is 4.65. The van der Waals surface area contributed by atoms with Crippen molar-refractivity contribution in [3.63, 3.8) is 0 Å². The Kier molecular flexibility index (Phi) is 6.66. The second kappa shape index (κ2) is 7.17. The molecule has 0 aromatic heterocycles. The summed E-state index contributed by atoms with van der Waals surface area (Å²) in [7, 11) is 0. The zero-order valence-electron chi connectivity index (χ0n) is 10.6. The Morgan fingerprint density at radius 3 is 2.71 bits per heavy atom. The number of anilines is 2. The van der Waals surface area contributed by atoms with Crippen molar-refractivity contribution < 1.29 is 4.79 Å².